The quantitative estimate of drug-likeness (QED) is 0.853. The van der Waals surface area contributed by atoms with E-state index in [4.69, 9.17) is 0 Å². The van der Waals surface area contributed by atoms with Gasteiger partial charge in [0.2, 0.25) is 0 Å². The number of rotatable bonds is 3. The Kier molecular flexibility index (Phi) is 3.53. The van der Waals surface area contributed by atoms with Gasteiger partial charge in [-0.05, 0) is 20.3 Å². The smallest absolute Gasteiger partial charge is 0.273 e. The first-order chi connectivity index (χ1) is 9.93. The zero-order valence-electron chi connectivity index (χ0n) is 11.9. The summed E-state index contributed by atoms with van der Waals surface area (Å²) in [4.78, 5) is 19.7. The van der Waals surface area contributed by atoms with Gasteiger partial charge in [-0.25, -0.2) is 13.4 Å². The predicted molar refractivity (Wildman–Crippen MR) is 81.6 cm³/mol. The van der Waals surface area contributed by atoms with Crippen LogP contribution in [0, 0.1) is 6.92 Å². The Hall–Kier alpha value is -1.41. The number of sulfone groups is 1. The van der Waals surface area contributed by atoms with E-state index < -0.39 is 9.84 Å². The lowest BCUT2D eigenvalue weighted by molar-refractivity contribution is 0.0700. The van der Waals surface area contributed by atoms with Crippen molar-refractivity contribution in [2.75, 3.05) is 18.1 Å². The standard InChI is InChI=1S/C13H17N3O3S2/c1-3-15(10-4-7-21(18,19)8-10)12(17)11-9(2)14-13-16(11)5-6-20-13/h5-6,10H,3-4,7-8H2,1-2H3/t10-/m1/s1. The fourth-order valence-corrected chi connectivity index (χ4v) is 5.37. The van der Waals surface area contributed by atoms with Gasteiger partial charge in [0.25, 0.3) is 5.91 Å². The molecule has 0 radical (unpaired) electrons. The number of fused-ring (bicyclic) bond motifs is 1. The number of nitrogens with zero attached hydrogens (tertiary/aromatic N) is 3. The summed E-state index contributed by atoms with van der Waals surface area (Å²) in [6.07, 6.45) is 2.35. The molecule has 1 saturated heterocycles. The summed E-state index contributed by atoms with van der Waals surface area (Å²) in [6.45, 7) is 4.19. The number of hydrogen-bond acceptors (Lipinski definition) is 5. The summed E-state index contributed by atoms with van der Waals surface area (Å²) < 4.78 is 25.1. The first-order valence-electron chi connectivity index (χ1n) is 6.86. The van der Waals surface area contributed by atoms with Gasteiger partial charge in [-0.2, -0.15) is 0 Å². The van der Waals surface area contributed by atoms with Gasteiger partial charge in [0.15, 0.2) is 14.8 Å². The molecule has 0 aromatic carbocycles. The van der Waals surface area contributed by atoms with Gasteiger partial charge in [-0.1, -0.05) is 0 Å². The van der Waals surface area contributed by atoms with E-state index in [1.807, 2.05) is 25.4 Å². The van der Waals surface area contributed by atoms with Crippen molar-refractivity contribution in [2.24, 2.45) is 0 Å². The summed E-state index contributed by atoms with van der Waals surface area (Å²) in [5, 5.41) is 1.88. The summed E-state index contributed by atoms with van der Waals surface area (Å²) in [5.74, 6) is 0.0979. The summed E-state index contributed by atoms with van der Waals surface area (Å²) >= 11 is 1.48. The first-order valence-corrected chi connectivity index (χ1v) is 9.56. The molecule has 21 heavy (non-hydrogen) atoms. The van der Waals surface area contributed by atoms with Crippen LogP contribution in [0.3, 0.4) is 0 Å². The van der Waals surface area contributed by atoms with Gasteiger partial charge in [0.05, 0.1) is 17.2 Å². The number of imidazole rings is 1. The minimum atomic E-state index is -3.01. The molecule has 6 nitrogen and oxygen atoms in total. The Labute approximate surface area is 127 Å². The van der Waals surface area contributed by atoms with Crippen molar-refractivity contribution in [3.8, 4) is 0 Å². The van der Waals surface area contributed by atoms with E-state index in [1.54, 1.807) is 9.30 Å². The molecule has 0 unspecified atom stereocenters. The second-order valence-corrected chi connectivity index (χ2v) is 8.35. The minimum Gasteiger partial charge on any atom is -0.334 e. The van der Waals surface area contributed by atoms with Crippen molar-refractivity contribution in [3.05, 3.63) is 23.0 Å². The molecule has 3 heterocycles. The molecule has 8 heteroatoms. The van der Waals surface area contributed by atoms with Crippen LogP contribution < -0.4 is 0 Å². The van der Waals surface area contributed by atoms with E-state index in [0.29, 0.717) is 24.4 Å². The normalized spacial score (nSPS) is 21.0. The largest absolute Gasteiger partial charge is 0.334 e. The van der Waals surface area contributed by atoms with Gasteiger partial charge in [-0.15, -0.1) is 11.3 Å². The number of aryl methyl sites for hydroxylation is 1. The highest BCUT2D eigenvalue weighted by Gasteiger charge is 2.35. The molecule has 1 aliphatic rings. The zero-order chi connectivity index (χ0) is 15.2. The van der Waals surface area contributed by atoms with Crippen molar-refractivity contribution in [1.82, 2.24) is 14.3 Å². The molecule has 0 aliphatic carbocycles. The van der Waals surface area contributed by atoms with Crippen LogP contribution >= 0.6 is 11.3 Å². The molecular formula is C13H17N3O3S2. The zero-order valence-corrected chi connectivity index (χ0v) is 13.6. The van der Waals surface area contributed by atoms with Crippen LogP contribution in [-0.2, 0) is 9.84 Å². The van der Waals surface area contributed by atoms with Gasteiger partial charge in [0.1, 0.15) is 5.69 Å². The molecule has 1 amide bonds. The van der Waals surface area contributed by atoms with Crippen LogP contribution in [0.2, 0.25) is 0 Å². The van der Waals surface area contributed by atoms with Gasteiger partial charge < -0.3 is 4.90 Å². The topological polar surface area (TPSA) is 71.8 Å². The maximum atomic E-state index is 12.8. The van der Waals surface area contributed by atoms with E-state index >= 15 is 0 Å². The highest BCUT2D eigenvalue weighted by atomic mass is 32.2. The third-order valence-corrected chi connectivity index (χ3v) is 6.40. The lowest BCUT2D eigenvalue weighted by Crippen LogP contribution is -2.41. The van der Waals surface area contributed by atoms with Crippen molar-refractivity contribution < 1.29 is 13.2 Å². The fourth-order valence-electron chi connectivity index (χ4n) is 2.88. The van der Waals surface area contributed by atoms with E-state index in [1.165, 1.54) is 11.3 Å². The SMILES string of the molecule is CCN(C(=O)c1c(C)nc2sccn12)[C@@H]1CCS(=O)(=O)C1. The van der Waals surface area contributed by atoms with E-state index in [2.05, 4.69) is 4.98 Å². The lowest BCUT2D eigenvalue weighted by Gasteiger charge is -2.26. The van der Waals surface area contributed by atoms with Gasteiger partial charge in [0, 0.05) is 24.2 Å². The second kappa shape index (κ2) is 5.10. The number of carbonyl (C=O) groups is 1. The van der Waals surface area contributed by atoms with Gasteiger partial charge >= 0.3 is 0 Å². The Bertz CT molecular complexity index is 791. The second-order valence-electron chi connectivity index (χ2n) is 5.25. The van der Waals surface area contributed by atoms with Crippen LogP contribution in [-0.4, -0.2) is 52.7 Å². The van der Waals surface area contributed by atoms with E-state index in [-0.39, 0.29) is 23.5 Å². The minimum absolute atomic E-state index is 0.0667. The van der Waals surface area contributed by atoms with Gasteiger partial charge in [-0.3, -0.25) is 9.20 Å². The molecule has 0 bridgehead atoms. The molecule has 2 aromatic heterocycles. The predicted octanol–water partition coefficient (Wildman–Crippen LogP) is 1.35. The van der Waals surface area contributed by atoms with E-state index in [9.17, 15) is 13.2 Å². The molecule has 2 aromatic rings. The highest BCUT2D eigenvalue weighted by Crippen LogP contribution is 2.23. The number of carbonyl (C=O) groups excluding carboxylic acids is 1. The van der Waals surface area contributed by atoms with Crippen LogP contribution in [0.5, 0.6) is 0 Å². The first kappa shape index (κ1) is 14.5. The average molecular weight is 327 g/mol. The summed E-state index contributed by atoms with van der Waals surface area (Å²) in [7, 11) is -3.01. The van der Waals surface area contributed by atoms with Crippen molar-refractivity contribution in [3.63, 3.8) is 0 Å². The highest BCUT2D eigenvalue weighted by molar-refractivity contribution is 7.91. The lowest BCUT2D eigenvalue weighted by atomic mass is 10.2. The van der Waals surface area contributed by atoms with Crippen molar-refractivity contribution in [2.45, 2.75) is 26.3 Å². The molecule has 114 valence electrons. The summed E-state index contributed by atoms with van der Waals surface area (Å²) in [5.41, 5.74) is 1.23. The fraction of sp³-hybridized carbons (Fsp3) is 0.538. The summed E-state index contributed by atoms with van der Waals surface area (Å²) in [6, 6.07) is -0.226. The third kappa shape index (κ3) is 2.46. The number of aromatic nitrogens is 2. The van der Waals surface area contributed by atoms with Crippen LogP contribution in [0.1, 0.15) is 29.5 Å². The van der Waals surface area contributed by atoms with Crippen molar-refractivity contribution >= 4 is 32.0 Å². The maximum absolute atomic E-state index is 12.8. The number of thiazole rings is 1. The Balaban J connectivity index is 1.96. The molecule has 0 saturated carbocycles. The third-order valence-electron chi connectivity index (χ3n) is 3.89. The monoisotopic (exact) mass is 327 g/mol. The molecule has 0 N–H and O–H groups in total. The number of amides is 1. The maximum Gasteiger partial charge on any atom is 0.273 e. The van der Waals surface area contributed by atoms with Crippen LogP contribution in [0.15, 0.2) is 11.6 Å². The molecule has 1 aliphatic heterocycles. The number of hydrogen-bond donors (Lipinski definition) is 0. The molecule has 3 rings (SSSR count). The Morgan fingerprint density at radius 2 is 2.33 bits per heavy atom. The Morgan fingerprint density at radius 3 is 2.95 bits per heavy atom. The van der Waals surface area contributed by atoms with Crippen LogP contribution in [0.25, 0.3) is 4.96 Å². The Morgan fingerprint density at radius 1 is 1.57 bits per heavy atom. The van der Waals surface area contributed by atoms with Crippen LogP contribution in [0.4, 0.5) is 0 Å². The molecule has 0 spiro atoms. The molecule has 1 fully saturated rings. The average Bonchev–Trinajstić information content (AvgIpc) is 3.04. The van der Waals surface area contributed by atoms with Crippen molar-refractivity contribution in [1.29, 1.82) is 0 Å². The molecular weight excluding hydrogens is 310 g/mol. The molecule has 1 atom stereocenters. The van der Waals surface area contributed by atoms with E-state index in [0.717, 1.165) is 4.96 Å².